The van der Waals surface area contributed by atoms with Crippen LogP contribution in [0.2, 0.25) is 0 Å². The van der Waals surface area contributed by atoms with E-state index in [9.17, 15) is 58.2 Å². The number of anilines is 4. The lowest BCUT2D eigenvalue weighted by molar-refractivity contribution is -0.132. The molecule has 2 N–H and O–H groups in total. The van der Waals surface area contributed by atoms with Crippen molar-refractivity contribution < 1.29 is 67.6 Å². The molecule has 4 fully saturated rings. The van der Waals surface area contributed by atoms with E-state index in [0.29, 0.717) is 128 Å². The van der Waals surface area contributed by atoms with Crippen molar-refractivity contribution in [1.82, 2.24) is 9.80 Å². The van der Waals surface area contributed by atoms with Crippen molar-refractivity contribution in [3.05, 3.63) is 157 Å². The number of allylic oxidation sites excluding steroid dienone is 4. The van der Waals surface area contributed by atoms with Crippen molar-refractivity contribution in [3.63, 3.8) is 0 Å². The number of fused-ring (bicyclic) bond motifs is 14. The first-order valence-electron chi connectivity index (χ1n) is 40.7. The number of nitrogens with zero attached hydrogens (tertiary/aromatic N) is 6. The molecule has 2 unspecified atom stereocenters. The van der Waals surface area contributed by atoms with Gasteiger partial charge in [0.05, 0.1) is 51.3 Å². The van der Waals surface area contributed by atoms with Crippen LogP contribution in [0.3, 0.4) is 0 Å². The van der Waals surface area contributed by atoms with Gasteiger partial charge in [-0.3, -0.25) is 47.9 Å². The van der Waals surface area contributed by atoms with E-state index in [0.717, 1.165) is 141 Å². The van der Waals surface area contributed by atoms with Gasteiger partial charge in [-0.25, -0.2) is 0 Å². The third-order valence-corrected chi connectivity index (χ3v) is 34.4. The minimum atomic E-state index is -0.430. The molecule has 6 aliphatic heterocycles. The summed E-state index contributed by atoms with van der Waals surface area (Å²) < 4.78 is 14.5. The second-order valence-electron chi connectivity index (χ2n) is 33.7. The number of esters is 2. The number of piperidine rings is 2. The number of ketones is 2. The lowest BCUT2D eigenvalue weighted by Gasteiger charge is -2.29. The second kappa shape index (κ2) is 31.9. The number of benzene rings is 4. The van der Waals surface area contributed by atoms with E-state index < -0.39 is 11.9 Å². The first kappa shape index (κ1) is 83.4. The van der Waals surface area contributed by atoms with Gasteiger partial charge in [0, 0.05) is 219 Å². The Morgan fingerprint density at radius 2 is 0.661 bits per heavy atom. The number of alkyl halides is 4. The molecule has 12 heterocycles. The Labute approximate surface area is 742 Å². The Morgan fingerprint density at radius 3 is 0.959 bits per heavy atom. The largest absolute Gasteiger partial charge is 0.506 e. The molecule has 628 valence electrons. The number of hydrogen-bond acceptors (Lipinski definition) is 20. The lowest BCUT2D eigenvalue weighted by atomic mass is 9.84. The lowest BCUT2D eigenvalue weighted by Crippen LogP contribution is -2.34. The highest BCUT2D eigenvalue weighted by atomic mass is 35.5. The van der Waals surface area contributed by atoms with Gasteiger partial charge in [0.15, 0.2) is 23.1 Å². The molecule has 121 heavy (non-hydrogen) atoms. The molecule has 20 nitrogen and oxygen atoms in total. The maximum atomic E-state index is 13.7. The molecule has 6 amide bonds. The zero-order valence-electron chi connectivity index (χ0n) is 67.7. The number of likely N-dealkylation sites (tertiary alicyclic amines) is 2. The highest BCUT2D eigenvalue weighted by molar-refractivity contribution is 7.19. The molecule has 10 aromatic rings. The van der Waals surface area contributed by atoms with Crippen molar-refractivity contribution in [2.45, 2.75) is 161 Å². The number of amides is 6. The smallest absolute Gasteiger partial charge is 0.308 e. The van der Waals surface area contributed by atoms with E-state index in [2.05, 4.69) is 24.6 Å². The van der Waals surface area contributed by atoms with Crippen LogP contribution in [0.15, 0.2) is 80.1 Å². The molecule has 4 aliphatic carbocycles. The number of ether oxygens (including phenoxy) is 2. The van der Waals surface area contributed by atoms with E-state index in [-0.39, 0.29) is 132 Å². The van der Waals surface area contributed by atoms with Gasteiger partial charge in [0.25, 0.3) is 0 Å². The number of aryl methyl sites for hydroxylation is 6. The predicted octanol–water partition coefficient (Wildman–Crippen LogP) is 19.8. The molecule has 6 aromatic heterocycles. The average Bonchev–Trinajstić information content (AvgIpc) is 1.50. The quantitative estimate of drug-likeness (QED) is 0.0461. The van der Waals surface area contributed by atoms with Crippen molar-refractivity contribution in [2.75, 3.05) is 82.4 Å². The van der Waals surface area contributed by atoms with Gasteiger partial charge < -0.3 is 49.1 Å². The molecule has 4 aromatic carbocycles. The summed E-state index contributed by atoms with van der Waals surface area (Å²) in [6, 6.07) is 6.89. The Bertz CT molecular complexity index is 5900. The fourth-order valence-corrected chi connectivity index (χ4v) is 28.0. The summed E-state index contributed by atoms with van der Waals surface area (Å²) in [5.74, 6) is 2.02. The number of phenols is 2. The van der Waals surface area contributed by atoms with E-state index in [1.807, 2.05) is 59.0 Å². The first-order valence-corrected chi connectivity index (χ1v) is 48.2. The van der Waals surface area contributed by atoms with Gasteiger partial charge >= 0.3 is 11.9 Å². The maximum Gasteiger partial charge on any atom is 0.308 e. The van der Waals surface area contributed by atoms with E-state index in [1.165, 1.54) is 81.9 Å². The van der Waals surface area contributed by atoms with Gasteiger partial charge in [-0.1, -0.05) is 0 Å². The summed E-state index contributed by atoms with van der Waals surface area (Å²) in [4.78, 5) is 142. The third-order valence-electron chi connectivity index (χ3n) is 26.2. The number of thiophene rings is 6. The molecule has 20 rings (SSSR count). The molecule has 0 bridgehead atoms. The van der Waals surface area contributed by atoms with Crippen molar-refractivity contribution >= 4 is 236 Å². The number of halogens is 4. The summed E-state index contributed by atoms with van der Waals surface area (Å²) in [5, 5.41) is 37.4. The van der Waals surface area contributed by atoms with Crippen LogP contribution in [-0.2, 0) is 49.2 Å². The summed E-state index contributed by atoms with van der Waals surface area (Å²) >= 11 is 34.5. The first-order chi connectivity index (χ1) is 58.0. The van der Waals surface area contributed by atoms with Crippen LogP contribution in [0, 0.1) is 53.4 Å². The Kier molecular flexibility index (Phi) is 22.0. The zero-order chi connectivity index (χ0) is 85.2. The monoisotopic (exact) mass is 1820 g/mol. The molecule has 2 saturated carbocycles. The summed E-state index contributed by atoms with van der Waals surface area (Å²) in [6.07, 6.45) is 7.89. The minimum Gasteiger partial charge on any atom is -0.506 e. The number of aromatic hydroxyl groups is 2. The van der Waals surface area contributed by atoms with Gasteiger partial charge in [-0.05, 0) is 185 Å². The fraction of sp³-hybridized carbons (Fsp3) is 0.407. The Balaban J connectivity index is 0.000000125. The highest BCUT2D eigenvalue weighted by Gasteiger charge is 2.69. The zero-order valence-corrected chi connectivity index (χ0v) is 75.6. The van der Waals surface area contributed by atoms with Crippen LogP contribution in [0.4, 0.5) is 22.7 Å². The van der Waals surface area contributed by atoms with Crippen molar-refractivity contribution in [2.24, 2.45) is 11.8 Å². The SMILES string of the molecule is CC(=O)Oc1cc2c(c3c(C)csc13)[C@H](CCl)CN2C(=O)CCCC(=O)N1C[C@@H](CCl)c2c1cc(OC(C)=O)c1scc(C)c21.Cc1csc2c(O)cc3c(c12)[C@H](CCl)CN3C(=O)CCCC(=O)N1C[C@@H](CCl)c2c1cc(O)c1scc(C)c21.Cc1csc2c1C13C[C@@H]1CN(C(=O)CCCC(=O)N1C[C@H]4CC45C1=CC(=O)c1scc(C)c15)C3=CC2=O. The second-order valence-corrected chi connectivity index (χ2v) is 40.2. The highest BCUT2D eigenvalue weighted by Crippen LogP contribution is 2.70. The standard InChI is InChI=1S/C33H32Cl2N2O6S2.C29H28Cl2N2O4S2.C29H26N2O4S2/c1-16-14-44-32-24(42-18(3)38)8-22-30(28(16)32)20(10-34)12-36(22)26(40)6-5-7-27(41)37-13-21(11-35)31-23(37)9-25(43-19(4)39)33-29(31)17(2)15-45-33;1-14-12-38-28-20(34)6-18-26(24(14)28)16(8-30)10-32(18)22(36)4-3-5-23(37)33-11-17(9-31)27-19(33)7-21(35)29-25(27)15(2)13-39-29;1-14-12-36-26-18(32)6-20-28(24(14)26)8-16(28)10-30(20)22(34)4-3-5-23(35)31-11-17-9-29(17)21(31)7-19(33)27-25(29)15(2)13-37-27/h8-9,14-15,20-21H,5-7,10-13H2,1-4H3;6-7,12-13,16-17,34-35H,3-5,8-11H2,1-2H3;6-7,12-13,16-17H,3-5,8-11H2,1-2H3/t20-,21-;16-,17-;16-,17-,28?,29?/m111/s1. The van der Waals surface area contributed by atoms with Crippen LogP contribution in [0.25, 0.3) is 40.3 Å². The van der Waals surface area contributed by atoms with E-state index in [1.54, 1.807) is 56.0 Å². The van der Waals surface area contributed by atoms with Crippen LogP contribution >= 0.6 is 114 Å². The number of rotatable bonds is 18. The number of hydrogen-bond donors (Lipinski definition) is 2. The van der Waals surface area contributed by atoms with E-state index >= 15 is 0 Å². The normalized spacial score (nSPS) is 22.0. The molecule has 10 aliphatic rings. The van der Waals surface area contributed by atoms with Crippen LogP contribution in [0.1, 0.15) is 194 Å². The maximum absolute atomic E-state index is 13.7. The summed E-state index contributed by atoms with van der Waals surface area (Å²) in [6.45, 7) is 18.0. The van der Waals surface area contributed by atoms with Gasteiger partial charge in [0.2, 0.25) is 35.4 Å². The number of carbonyl (C=O) groups excluding carboxylic acids is 10. The topological polar surface area (TPSA) is 249 Å². The Hall–Kier alpha value is -8.54. The predicted molar refractivity (Wildman–Crippen MR) is 483 cm³/mol. The minimum absolute atomic E-state index is 0.00102. The van der Waals surface area contributed by atoms with Gasteiger partial charge in [-0.2, -0.15) is 0 Å². The molecule has 2 spiro atoms. The number of carbonyl (C=O) groups is 10. The van der Waals surface area contributed by atoms with Crippen LogP contribution in [-0.4, -0.2) is 142 Å². The average molecular weight is 1820 g/mol. The van der Waals surface area contributed by atoms with Gasteiger partial charge in [-0.15, -0.1) is 114 Å². The van der Waals surface area contributed by atoms with E-state index in [4.69, 9.17) is 55.9 Å². The van der Waals surface area contributed by atoms with Crippen LogP contribution < -0.4 is 29.1 Å². The Morgan fingerprint density at radius 1 is 0.388 bits per heavy atom. The summed E-state index contributed by atoms with van der Waals surface area (Å²) in [7, 11) is 0. The summed E-state index contributed by atoms with van der Waals surface area (Å²) in [5.41, 5.74) is 17.2. The molecule has 30 heteroatoms. The van der Waals surface area contributed by atoms with Crippen molar-refractivity contribution in [1.29, 1.82) is 0 Å². The molecular formula is C91H86Cl4N6O14S6. The molecule has 2 saturated heterocycles. The fourth-order valence-electron chi connectivity index (χ4n) is 20.9. The van der Waals surface area contributed by atoms with Crippen molar-refractivity contribution in [3.8, 4) is 23.0 Å². The molecular weight excluding hydrogens is 1740 g/mol. The van der Waals surface area contributed by atoms with Crippen LogP contribution in [0.5, 0.6) is 23.0 Å². The number of phenolic OH excluding ortho intramolecular Hbond substituents is 2. The molecule has 0 radical (unpaired) electrons. The molecule has 8 atom stereocenters. The third kappa shape index (κ3) is 13.6. The van der Waals surface area contributed by atoms with Gasteiger partial charge in [0.1, 0.15) is 11.5 Å².